The number of hydrogen-bond donors (Lipinski definition) is 2. The van der Waals surface area contributed by atoms with Crippen LogP contribution < -0.4 is 10.0 Å². The van der Waals surface area contributed by atoms with Crippen molar-refractivity contribution in [2.75, 3.05) is 13.1 Å². The summed E-state index contributed by atoms with van der Waals surface area (Å²) in [6.45, 7) is 1.11. The third-order valence-electron chi connectivity index (χ3n) is 3.83. The second-order valence-corrected chi connectivity index (χ2v) is 8.18. The molecule has 1 saturated carbocycles. The maximum Gasteiger partial charge on any atom is 0.240 e. The van der Waals surface area contributed by atoms with E-state index in [9.17, 15) is 8.42 Å². The van der Waals surface area contributed by atoms with Crippen molar-refractivity contribution in [2.24, 2.45) is 0 Å². The maximum atomic E-state index is 12.1. The van der Waals surface area contributed by atoms with Crippen LogP contribution in [0.25, 0.3) is 0 Å². The second-order valence-electron chi connectivity index (χ2n) is 5.49. The van der Waals surface area contributed by atoms with Crippen LogP contribution in [0.4, 0.5) is 0 Å². The fourth-order valence-corrected chi connectivity index (χ4v) is 3.94. The summed E-state index contributed by atoms with van der Waals surface area (Å²) in [5, 5.41) is 3.46. The van der Waals surface area contributed by atoms with E-state index in [1.807, 2.05) is 0 Å². The first-order valence-electron chi connectivity index (χ1n) is 7.56. The third kappa shape index (κ3) is 5.70. The molecule has 0 unspecified atom stereocenters. The number of rotatable bonds is 6. The quantitative estimate of drug-likeness (QED) is 0.594. The lowest BCUT2D eigenvalue weighted by atomic mass is 10.1. The van der Waals surface area contributed by atoms with Gasteiger partial charge in [-0.25, -0.2) is 13.1 Å². The number of halogens is 1. The first-order valence-corrected chi connectivity index (χ1v) is 9.84. The van der Waals surface area contributed by atoms with E-state index >= 15 is 0 Å². The zero-order valence-electron chi connectivity index (χ0n) is 12.1. The summed E-state index contributed by atoms with van der Waals surface area (Å²) in [6, 6.07) is 7.22. The molecular weight excluding hydrogens is 352 g/mol. The van der Waals surface area contributed by atoms with Crippen molar-refractivity contribution in [3.8, 4) is 0 Å². The Morgan fingerprint density at radius 1 is 1.00 bits per heavy atom. The van der Waals surface area contributed by atoms with Crippen molar-refractivity contribution >= 4 is 26.0 Å². The molecule has 0 amide bonds. The first-order chi connectivity index (χ1) is 10.1. The van der Waals surface area contributed by atoms with Crippen molar-refractivity contribution in [3.63, 3.8) is 0 Å². The highest BCUT2D eigenvalue weighted by molar-refractivity contribution is 9.10. The molecule has 21 heavy (non-hydrogen) atoms. The Morgan fingerprint density at radius 3 is 2.24 bits per heavy atom. The molecule has 0 atom stereocenters. The molecule has 4 nitrogen and oxygen atoms in total. The number of benzene rings is 1. The molecule has 0 radical (unpaired) electrons. The van der Waals surface area contributed by atoms with Gasteiger partial charge in [-0.15, -0.1) is 0 Å². The Bertz CT molecular complexity index is 523. The summed E-state index contributed by atoms with van der Waals surface area (Å²) < 4.78 is 27.7. The number of nitrogens with one attached hydrogen (secondary N) is 2. The lowest BCUT2D eigenvalue weighted by molar-refractivity contribution is 0.461. The van der Waals surface area contributed by atoms with Crippen LogP contribution in [-0.4, -0.2) is 27.5 Å². The summed E-state index contributed by atoms with van der Waals surface area (Å²) in [5.41, 5.74) is 0. The van der Waals surface area contributed by atoms with Crippen molar-refractivity contribution < 1.29 is 8.42 Å². The number of sulfonamides is 1. The largest absolute Gasteiger partial charge is 0.313 e. The minimum atomic E-state index is -3.40. The van der Waals surface area contributed by atoms with Crippen molar-refractivity contribution in [2.45, 2.75) is 49.5 Å². The monoisotopic (exact) mass is 374 g/mol. The van der Waals surface area contributed by atoms with Gasteiger partial charge in [-0.05, 0) is 37.1 Å². The minimum absolute atomic E-state index is 0.306. The van der Waals surface area contributed by atoms with Crippen molar-refractivity contribution in [3.05, 3.63) is 28.7 Å². The zero-order chi connectivity index (χ0) is 15.1. The Hall–Kier alpha value is -0.430. The highest BCUT2D eigenvalue weighted by Crippen LogP contribution is 2.17. The molecule has 0 aliphatic heterocycles. The fraction of sp³-hybridized carbons (Fsp3) is 0.600. The SMILES string of the molecule is O=S(=O)(NCCNC1CCCCCC1)c1ccc(Br)cc1. The van der Waals surface area contributed by atoms with Gasteiger partial charge in [-0.1, -0.05) is 41.6 Å². The Labute approximate surface area is 135 Å². The van der Waals surface area contributed by atoms with Crippen LogP contribution in [0.2, 0.25) is 0 Å². The van der Waals surface area contributed by atoms with E-state index in [-0.39, 0.29) is 0 Å². The average molecular weight is 375 g/mol. The molecule has 118 valence electrons. The van der Waals surface area contributed by atoms with Crippen LogP contribution in [0.15, 0.2) is 33.6 Å². The van der Waals surface area contributed by atoms with E-state index < -0.39 is 10.0 Å². The third-order valence-corrected chi connectivity index (χ3v) is 5.83. The number of hydrogen-bond acceptors (Lipinski definition) is 3. The Kier molecular flexibility index (Phi) is 6.67. The van der Waals surface area contributed by atoms with E-state index in [4.69, 9.17) is 0 Å². The van der Waals surface area contributed by atoms with Crippen LogP contribution in [0.5, 0.6) is 0 Å². The molecule has 0 heterocycles. The molecule has 1 aliphatic carbocycles. The van der Waals surface area contributed by atoms with E-state index in [2.05, 4.69) is 26.0 Å². The van der Waals surface area contributed by atoms with Crippen LogP contribution in [0.3, 0.4) is 0 Å². The van der Waals surface area contributed by atoms with Crippen LogP contribution in [-0.2, 0) is 10.0 Å². The maximum absolute atomic E-state index is 12.1. The second kappa shape index (κ2) is 8.27. The molecule has 0 spiro atoms. The van der Waals surface area contributed by atoms with Crippen LogP contribution in [0, 0.1) is 0 Å². The van der Waals surface area contributed by atoms with Crippen LogP contribution in [0.1, 0.15) is 38.5 Å². The van der Waals surface area contributed by atoms with E-state index in [0.717, 1.165) is 4.47 Å². The van der Waals surface area contributed by atoms with Gasteiger partial charge in [0.15, 0.2) is 0 Å². The lowest BCUT2D eigenvalue weighted by Gasteiger charge is -2.16. The minimum Gasteiger partial charge on any atom is -0.313 e. The van der Waals surface area contributed by atoms with Crippen LogP contribution >= 0.6 is 15.9 Å². The predicted octanol–water partition coefficient (Wildman–Crippen LogP) is 3.04. The summed E-state index contributed by atoms with van der Waals surface area (Å²) in [5.74, 6) is 0. The fourth-order valence-electron chi connectivity index (χ4n) is 2.64. The Morgan fingerprint density at radius 2 is 1.62 bits per heavy atom. The molecule has 0 aromatic heterocycles. The van der Waals surface area contributed by atoms with E-state index in [1.54, 1.807) is 24.3 Å². The summed E-state index contributed by atoms with van der Waals surface area (Å²) in [4.78, 5) is 0.306. The molecule has 1 aliphatic rings. The normalized spacial score (nSPS) is 17.6. The topological polar surface area (TPSA) is 58.2 Å². The average Bonchev–Trinajstić information content (AvgIpc) is 2.73. The predicted molar refractivity (Wildman–Crippen MR) is 88.8 cm³/mol. The van der Waals surface area contributed by atoms with Gasteiger partial charge >= 0.3 is 0 Å². The van der Waals surface area contributed by atoms with Gasteiger partial charge in [0.2, 0.25) is 10.0 Å². The molecule has 2 rings (SSSR count). The first kappa shape index (κ1) is 16.9. The van der Waals surface area contributed by atoms with Gasteiger partial charge in [0.25, 0.3) is 0 Å². The molecule has 0 bridgehead atoms. The molecule has 1 fully saturated rings. The van der Waals surface area contributed by atoms with Crippen molar-refractivity contribution in [1.82, 2.24) is 10.0 Å². The summed E-state index contributed by atoms with van der Waals surface area (Å²) in [7, 11) is -3.40. The van der Waals surface area contributed by atoms with Gasteiger partial charge in [-0.3, -0.25) is 0 Å². The van der Waals surface area contributed by atoms with Gasteiger partial charge in [0.05, 0.1) is 4.90 Å². The summed E-state index contributed by atoms with van der Waals surface area (Å²) >= 11 is 3.30. The molecule has 1 aromatic rings. The highest BCUT2D eigenvalue weighted by Gasteiger charge is 2.14. The molecule has 1 aromatic carbocycles. The van der Waals surface area contributed by atoms with E-state index in [0.29, 0.717) is 24.0 Å². The van der Waals surface area contributed by atoms with E-state index in [1.165, 1.54) is 38.5 Å². The Balaban J connectivity index is 1.75. The molecule has 0 saturated heterocycles. The van der Waals surface area contributed by atoms with Gasteiger partial charge in [-0.2, -0.15) is 0 Å². The smallest absolute Gasteiger partial charge is 0.240 e. The highest BCUT2D eigenvalue weighted by atomic mass is 79.9. The molecular formula is C15H23BrN2O2S. The molecule has 6 heteroatoms. The van der Waals surface area contributed by atoms with Gasteiger partial charge in [0, 0.05) is 23.6 Å². The van der Waals surface area contributed by atoms with Gasteiger partial charge < -0.3 is 5.32 Å². The van der Waals surface area contributed by atoms with Crippen molar-refractivity contribution in [1.29, 1.82) is 0 Å². The van der Waals surface area contributed by atoms with Gasteiger partial charge in [0.1, 0.15) is 0 Å². The lowest BCUT2D eigenvalue weighted by Crippen LogP contribution is -2.36. The summed E-state index contributed by atoms with van der Waals surface area (Å²) in [6.07, 6.45) is 7.63. The molecule has 2 N–H and O–H groups in total. The standard InChI is InChI=1S/C15H23BrN2O2S/c16-13-7-9-15(10-8-13)21(19,20)18-12-11-17-14-5-3-1-2-4-6-14/h7-10,14,17-18H,1-6,11-12H2. The zero-order valence-corrected chi connectivity index (χ0v) is 14.5.